The summed E-state index contributed by atoms with van der Waals surface area (Å²) in [6.45, 7) is 12.0. The number of hydrogen-bond acceptors (Lipinski definition) is 9. The van der Waals surface area contributed by atoms with Gasteiger partial charge < -0.3 is 19.7 Å². The van der Waals surface area contributed by atoms with Crippen molar-refractivity contribution in [1.29, 1.82) is 0 Å². The molecule has 2 aliphatic rings. The molecule has 0 spiro atoms. The van der Waals surface area contributed by atoms with Crippen LogP contribution in [0.25, 0.3) is 11.3 Å². The van der Waals surface area contributed by atoms with E-state index in [1.54, 1.807) is 23.1 Å². The highest BCUT2D eigenvalue weighted by Crippen LogP contribution is 2.32. The maximum absolute atomic E-state index is 14.5. The molecule has 258 valence electrons. The minimum Gasteiger partial charge on any atom is -0.475 e. The number of aryl methyl sites for hydroxylation is 2. The Balaban J connectivity index is 1.43. The molecule has 0 unspecified atom stereocenters. The van der Waals surface area contributed by atoms with E-state index in [1.165, 1.54) is 12.1 Å². The average molecular weight is 685 g/mol. The van der Waals surface area contributed by atoms with E-state index in [0.29, 0.717) is 31.0 Å². The van der Waals surface area contributed by atoms with Crippen molar-refractivity contribution in [1.82, 2.24) is 19.9 Å². The van der Waals surface area contributed by atoms with Gasteiger partial charge in [-0.25, -0.2) is 23.1 Å². The van der Waals surface area contributed by atoms with Crippen molar-refractivity contribution < 1.29 is 22.7 Å². The van der Waals surface area contributed by atoms with Crippen LogP contribution in [0.2, 0.25) is 0 Å². The summed E-state index contributed by atoms with van der Waals surface area (Å²) in [6, 6.07) is 19.3. The van der Waals surface area contributed by atoms with Crippen LogP contribution in [0.4, 0.5) is 11.8 Å². The number of pyridine rings is 1. The molecule has 4 bridgehead atoms. The Bertz CT molecular complexity index is 1920. The van der Waals surface area contributed by atoms with Gasteiger partial charge in [-0.1, -0.05) is 51.1 Å². The summed E-state index contributed by atoms with van der Waals surface area (Å²) in [6.07, 6.45) is 2.38. The first-order valence-corrected chi connectivity index (χ1v) is 18.2. The van der Waals surface area contributed by atoms with Crippen LogP contribution in [0.15, 0.2) is 71.6 Å². The first-order chi connectivity index (χ1) is 23.3. The number of benzene rings is 2. The number of aromatic nitrogens is 3. The summed E-state index contributed by atoms with van der Waals surface area (Å²) in [5.74, 6) is 0.488. The molecular weight excluding hydrogens is 641 g/mol. The normalized spacial score (nSPS) is 18.3. The van der Waals surface area contributed by atoms with E-state index in [0.717, 1.165) is 35.3 Å². The lowest BCUT2D eigenvalue weighted by Gasteiger charge is -2.35. The van der Waals surface area contributed by atoms with Gasteiger partial charge in [-0.2, -0.15) is 4.98 Å². The zero-order valence-corrected chi connectivity index (χ0v) is 29.5. The minimum atomic E-state index is -4.17. The Morgan fingerprint density at radius 2 is 1.65 bits per heavy atom. The molecular formula is C37H44N6O5S. The summed E-state index contributed by atoms with van der Waals surface area (Å²) < 4.78 is 41.9. The second-order valence-corrected chi connectivity index (χ2v) is 15.7. The zero-order valence-electron chi connectivity index (χ0n) is 28.7. The van der Waals surface area contributed by atoms with Gasteiger partial charge in [-0.3, -0.25) is 4.79 Å². The zero-order chi connectivity index (χ0) is 34.8. The lowest BCUT2D eigenvalue weighted by Crippen LogP contribution is -2.45. The summed E-state index contributed by atoms with van der Waals surface area (Å²) in [5.41, 5.74) is 4.10. The van der Waals surface area contributed by atoms with E-state index < -0.39 is 16.1 Å². The Labute approximate surface area is 288 Å². The fraction of sp³-hybridized carbons (Fsp3) is 0.405. The fourth-order valence-corrected chi connectivity index (χ4v) is 7.41. The maximum atomic E-state index is 14.5. The quantitative estimate of drug-likeness (QED) is 0.237. The van der Waals surface area contributed by atoms with Crippen LogP contribution in [-0.4, -0.2) is 66.1 Å². The highest BCUT2D eigenvalue weighted by atomic mass is 32.2. The molecule has 0 aliphatic carbocycles. The molecule has 1 atom stereocenters. The van der Waals surface area contributed by atoms with Crippen LogP contribution in [0.5, 0.6) is 5.88 Å². The number of carbonyl (C=O) groups is 1. The maximum Gasteiger partial charge on any atom is 0.264 e. The van der Waals surface area contributed by atoms with Crippen LogP contribution in [-0.2, 0) is 21.3 Å². The number of ether oxygens (including phenoxy) is 2. The molecule has 12 heteroatoms. The number of amides is 1. The van der Waals surface area contributed by atoms with E-state index >= 15 is 0 Å². The second-order valence-electron chi connectivity index (χ2n) is 14.0. The first-order valence-electron chi connectivity index (χ1n) is 16.7. The van der Waals surface area contributed by atoms with Gasteiger partial charge in [0.2, 0.25) is 11.8 Å². The number of anilines is 2. The molecule has 6 rings (SSSR count). The number of sulfonamides is 1. The van der Waals surface area contributed by atoms with E-state index in [4.69, 9.17) is 14.5 Å². The molecule has 49 heavy (non-hydrogen) atoms. The summed E-state index contributed by atoms with van der Waals surface area (Å²) >= 11 is 0. The number of hydrogen-bond donors (Lipinski definition) is 2. The van der Waals surface area contributed by atoms with Gasteiger partial charge in [-0.15, -0.1) is 0 Å². The summed E-state index contributed by atoms with van der Waals surface area (Å²) in [7, 11) is -4.17. The van der Waals surface area contributed by atoms with Gasteiger partial charge in [0.25, 0.3) is 15.9 Å². The van der Waals surface area contributed by atoms with Gasteiger partial charge in [0.05, 0.1) is 28.9 Å². The molecule has 2 aromatic heterocycles. The number of fused-ring (bicyclic) bond motifs is 4. The van der Waals surface area contributed by atoms with Gasteiger partial charge in [-0.05, 0) is 80.0 Å². The van der Waals surface area contributed by atoms with E-state index in [9.17, 15) is 13.2 Å². The lowest BCUT2D eigenvalue weighted by molar-refractivity contribution is 0.0509. The van der Waals surface area contributed by atoms with Crippen molar-refractivity contribution >= 4 is 27.7 Å². The monoisotopic (exact) mass is 684 g/mol. The number of rotatable bonds is 6. The fourth-order valence-electron chi connectivity index (χ4n) is 6.42. The molecule has 4 heterocycles. The van der Waals surface area contributed by atoms with Crippen LogP contribution in [0.1, 0.15) is 67.2 Å². The van der Waals surface area contributed by atoms with Crippen molar-refractivity contribution in [3.8, 4) is 17.1 Å². The van der Waals surface area contributed by atoms with Crippen molar-refractivity contribution in [2.24, 2.45) is 5.41 Å². The Morgan fingerprint density at radius 1 is 0.939 bits per heavy atom. The minimum absolute atomic E-state index is 0.0748. The molecule has 0 radical (unpaired) electrons. The highest BCUT2D eigenvalue weighted by molar-refractivity contribution is 7.92. The summed E-state index contributed by atoms with van der Waals surface area (Å²) in [5, 5.41) is 3.52. The first kappa shape index (κ1) is 34.3. The predicted molar refractivity (Wildman–Crippen MR) is 189 cm³/mol. The third kappa shape index (κ3) is 8.37. The largest absolute Gasteiger partial charge is 0.475 e. The number of carbonyl (C=O) groups excluding carboxylic acids is 1. The lowest BCUT2D eigenvalue weighted by atomic mass is 9.87. The van der Waals surface area contributed by atoms with Crippen LogP contribution in [0.3, 0.4) is 0 Å². The SMILES string of the molecule is Cc1cccc(C)c1-c1cc2nc(n1)NS(=O)(=O)c1cccc(c1)C(=O)N(Cc1cccc(NC3CCOCC3)n1)[C@H](CC(C)(C)C)CO2. The third-order valence-corrected chi connectivity index (χ3v) is 10.1. The second kappa shape index (κ2) is 14.1. The van der Waals surface area contributed by atoms with Crippen molar-refractivity contribution in [3.05, 3.63) is 89.1 Å². The van der Waals surface area contributed by atoms with E-state index in [-0.39, 0.29) is 52.8 Å². The Hall–Kier alpha value is -4.55. The molecule has 1 saturated heterocycles. The molecule has 1 fully saturated rings. The van der Waals surface area contributed by atoms with E-state index in [1.807, 2.05) is 50.2 Å². The average Bonchev–Trinajstić information content (AvgIpc) is 3.05. The van der Waals surface area contributed by atoms with Gasteiger partial charge >= 0.3 is 0 Å². The van der Waals surface area contributed by atoms with Gasteiger partial charge in [0, 0.05) is 36.4 Å². The molecule has 1 amide bonds. The van der Waals surface area contributed by atoms with Crippen LogP contribution < -0.4 is 14.8 Å². The topological polar surface area (TPSA) is 136 Å². The highest BCUT2D eigenvalue weighted by Gasteiger charge is 2.32. The van der Waals surface area contributed by atoms with E-state index in [2.05, 4.69) is 40.8 Å². The molecule has 4 aromatic rings. The molecule has 2 N–H and O–H groups in total. The number of nitrogens with one attached hydrogen (secondary N) is 2. The molecule has 11 nitrogen and oxygen atoms in total. The molecule has 2 aromatic carbocycles. The van der Waals surface area contributed by atoms with Crippen LogP contribution in [0, 0.1) is 19.3 Å². The Morgan fingerprint density at radius 3 is 2.39 bits per heavy atom. The van der Waals surface area contributed by atoms with Crippen molar-refractivity contribution in [2.75, 3.05) is 29.9 Å². The predicted octanol–water partition coefficient (Wildman–Crippen LogP) is 6.39. The summed E-state index contributed by atoms with van der Waals surface area (Å²) in [4.78, 5) is 30.2. The standard InChI is InChI=1S/C37H44N6O5S/c1-24-9-6-10-25(2)34(24)31-20-33-41-36(40-31)42-49(45,46)30-13-7-11-26(19-30)35(44)43(29(23-48-33)21-37(3,4)5)22-28-12-8-14-32(39-28)38-27-15-17-47-18-16-27/h6-14,19-20,27,29H,15-18,21-23H2,1-5H3,(H,38,39)(H,40,41,42)/t29-/m1/s1. The van der Waals surface area contributed by atoms with Gasteiger partial charge in [0.1, 0.15) is 12.4 Å². The smallest absolute Gasteiger partial charge is 0.264 e. The van der Waals surface area contributed by atoms with Crippen LogP contribution >= 0.6 is 0 Å². The van der Waals surface area contributed by atoms with Crippen molar-refractivity contribution in [3.63, 3.8) is 0 Å². The molecule has 2 aliphatic heterocycles. The van der Waals surface area contributed by atoms with Gasteiger partial charge in [0.15, 0.2) is 0 Å². The Kier molecular flexibility index (Phi) is 9.89. The molecule has 0 saturated carbocycles. The number of nitrogens with zero attached hydrogens (tertiary/aromatic N) is 4. The van der Waals surface area contributed by atoms with Crippen molar-refractivity contribution in [2.45, 2.75) is 77.4 Å². The third-order valence-electron chi connectivity index (χ3n) is 8.74.